The summed E-state index contributed by atoms with van der Waals surface area (Å²) >= 11 is 0. The fourth-order valence-electron chi connectivity index (χ4n) is 3.69. The summed E-state index contributed by atoms with van der Waals surface area (Å²) in [6, 6.07) is 14.2. The number of aromatic nitrogens is 2. The van der Waals surface area contributed by atoms with Crippen molar-refractivity contribution in [2.75, 3.05) is 20.7 Å². The first-order chi connectivity index (χ1) is 14.0. The van der Waals surface area contributed by atoms with Crippen LogP contribution in [0.3, 0.4) is 0 Å². The van der Waals surface area contributed by atoms with Gasteiger partial charge in [0.15, 0.2) is 0 Å². The Balaban J connectivity index is 1.92. The molecule has 0 fully saturated rings. The van der Waals surface area contributed by atoms with Crippen LogP contribution in [0.1, 0.15) is 22.8 Å². The Morgan fingerprint density at radius 1 is 1.10 bits per heavy atom. The van der Waals surface area contributed by atoms with Gasteiger partial charge in [-0.15, -0.1) is 0 Å². The molecule has 0 unspecified atom stereocenters. The number of hydrogen-bond donors (Lipinski definition) is 2. The Kier molecular flexibility index (Phi) is 4.94. The summed E-state index contributed by atoms with van der Waals surface area (Å²) in [5.74, 6) is -0.441. The van der Waals surface area contributed by atoms with E-state index in [1.807, 2.05) is 38.4 Å². The molecule has 6 heteroatoms. The first-order valence-corrected chi connectivity index (χ1v) is 9.56. The molecule has 0 spiro atoms. The number of nitrogens with one attached hydrogen (secondary N) is 2. The number of carbonyl (C=O) groups is 1. The summed E-state index contributed by atoms with van der Waals surface area (Å²) in [5, 5.41) is 1.40. The van der Waals surface area contributed by atoms with Crippen LogP contribution >= 0.6 is 0 Å². The van der Waals surface area contributed by atoms with Gasteiger partial charge in [0.05, 0.1) is 12.2 Å². The Hall–Kier alpha value is -3.38. The standard InChI is InChI=1S/C23H23N3O3/c1-4-29-23(28)18-12-24-21-20(18)17-11-16(8-9-19(17)25-22(21)27)15-7-5-6-14(10-15)13-26(2)3/h5-12,24H,4,13H2,1-3H3,(H,25,27). The lowest BCUT2D eigenvalue weighted by atomic mass is 9.99. The Morgan fingerprint density at radius 2 is 1.90 bits per heavy atom. The van der Waals surface area contributed by atoms with Crippen LogP contribution in [0.25, 0.3) is 32.9 Å². The molecular formula is C23H23N3O3. The quantitative estimate of drug-likeness (QED) is 0.507. The predicted molar refractivity (Wildman–Crippen MR) is 115 cm³/mol. The van der Waals surface area contributed by atoms with Crippen molar-refractivity contribution in [2.45, 2.75) is 13.5 Å². The van der Waals surface area contributed by atoms with Gasteiger partial charge in [0.25, 0.3) is 5.56 Å². The molecule has 2 aromatic carbocycles. The average molecular weight is 389 g/mol. The van der Waals surface area contributed by atoms with Crippen LogP contribution in [0.15, 0.2) is 53.5 Å². The van der Waals surface area contributed by atoms with E-state index >= 15 is 0 Å². The molecule has 148 valence electrons. The number of benzene rings is 2. The minimum Gasteiger partial charge on any atom is -0.462 e. The number of hydrogen-bond acceptors (Lipinski definition) is 4. The number of pyridine rings is 1. The highest BCUT2D eigenvalue weighted by molar-refractivity contribution is 6.15. The Morgan fingerprint density at radius 3 is 2.66 bits per heavy atom. The lowest BCUT2D eigenvalue weighted by molar-refractivity contribution is 0.0529. The highest BCUT2D eigenvalue weighted by Crippen LogP contribution is 2.30. The molecule has 2 aromatic heterocycles. The SMILES string of the molecule is CCOC(=O)c1c[nH]c2c(=O)[nH]c3ccc(-c4cccc(CN(C)C)c4)cc3c12. The number of esters is 1. The maximum absolute atomic E-state index is 12.4. The maximum Gasteiger partial charge on any atom is 0.340 e. The topological polar surface area (TPSA) is 78.2 Å². The highest BCUT2D eigenvalue weighted by Gasteiger charge is 2.18. The number of H-pyrrole nitrogens is 2. The van der Waals surface area contributed by atoms with Crippen molar-refractivity contribution in [3.63, 3.8) is 0 Å². The summed E-state index contributed by atoms with van der Waals surface area (Å²) in [5.41, 5.74) is 4.48. The van der Waals surface area contributed by atoms with Gasteiger partial charge in [-0.2, -0.15) is 0 Å². The van der Waals surface area contributed by atoms with E-state index in [1.165, 1.54) is 5.56 Å². The third kappa shape index (κ3) is 3.54. The molecule has 4 rings (SSSR count). The fraction of sp³-hybridized carbons (Fsp3) is 0.217. The predicted octanol–water partition coefficient (Wildman–Crippen LogP) is 3.91. The van der Waals surface area contributed by atoms with Crippen LogP contribution in [-0.4, -0.2) is 41.5 Å². The second-order valence-corrected chi connectivity index (χ2v) is 7.33. The van der Waals surface area contributed by atoms with Crippen molar-refractivity contribution in [2.24, 2.45) is 0 Å². The van der Waals surface area contributed by atoms with Crippen molar-refractivity contribution < 1.29 is 9.53 Å². The van der Waals surface area contributed by atoms with Gasteiger partial charge in [0.1, 0.15) is 5.52 Å². The molecule has 0 atom stereocenters. The third-order valence-electron chi connectivity index (χ3n) is 4.90. The zero-order valence-corrected chi connectivity index (χ0v) is 16.7. The molecule has 0 aliphatic rings. The first-order valence-electron chi connectivity index (χ1n) is 9.56. The summed E-state index contributed by atoms with van der Waals surface area (Å²) < 4.78 is 5.17. The van der Waals surface area contributed by atoms with Crippen molar-refractivity contribution >= 4 is 27.8 Å². The van der Waals surface area contributed by atoms with Gasteiger partial charge >= 0.3 is 5.97 Å². The van der Waals surface area contributed by atoms with E-state index in [9.17, 15) is 9.59 Å². The monoisotopic (exact) mass is 389 g/mol. The van der Waals surface area contributed by atoms with E-state index < -0.39 is 5.97 Å². The number of ether oxygens (including phenoxy) is 1. The molecule has 4 aromatic rings. The molecule has 0 aliphatic carbocycles. The second kappa shape index (κ2) is 7.56. The van der Waals surface area contributed by atoms with E-state index in [2.05, 4.69) is 33.1 Å². The minimum atomic E-state index is -0.441. The van der Waals surface area contributed by atoms with Crippen LogP contribution in [0.5, 0.6) is 0 Å². The number of nitrogens with zero attached hydrogens (tertiary/aromatic N) is 1. The van der Waals surface area contributed by atoms with Crippen molar-refractivity contribution in [3.05, 3.63) is 70.1 Å². The highest BCUT2D eigenvalue weighted by atomic mass is 16.5. The Bertz CT molecular complexity index is 1270. The molecular weight excluding hydrogens is 366 g/mol. The molecule has 0 saturated carbocycles. The molecule has 2 heterocycles. The van der Waals surface area contributed by atoms with Crippen LogP contribution in [0.2, 0.25) is 0 Å². The van der Waals surface area contributed by atoms with Crippen LogP contribution in [0, 0.1) is 0 Å². The summed E-state index contributed by atoms with van der Waals surface area (Å²) in [6.07, 6.45) is 1.54. The summed E-state index contributed by atoms with van der Waals surface area (Å²) in [4.78, 5) is 32.8. The fourth-order valence-corrected chi connectivity index (χ4v) is 3.69. The van der Waals surface area contributed by atoms with Crippen molar-refractivity contribution in [1.82, 2.24) is 14.9 Å². The van der Waals surface area contributed by atoms with Gasteiger partial charge in [0, 0.05) is 29.0 Å². The zero-order valence-electron chi connectivity index (χ0n) is 16.7. The van der Waals surface area contributed by atoms with Gasteiger partial charge in [-0.3, -0.25) is 4.79 Å². The largest absolute Gasteiger partial charge is 0.462 e. The van der Waals surface area contributed by atoms with E-state index in [1.54, 1.807) is 13.1 Å². The van der Waals surface area contributed by atoms with E-state index in [4.69, 9.17) is 4.74 Å². The minimum absolute atomic E-state index is 0.260. The zero-order chi connectivity index (χ0) is 20.5. The van der Waals surface area contributed by atoms with E-state index in [-0.39, 0.29) is 12.2 Å². The third-order valence-corrected chi connectivity index (χ3v) is 4.90. The van der Waals surface area contributed by atoms with Crippen molar-refractivity contribution in [3.8, 4) is 11.1 Å². The number of aromatic amines is 2. The molecule has 0 bridgehead atoms. The van der Waals surface area contributed by atoms with E-state index in [0.29, 0.717) is 22.0 Å². The van der Waals surface area contributed by atoms with Gasteiger partial charge in [-0.25, -0.2) is 4.79 Å². The van der Waals surface area contributed by atoms with Crippen LogP contribution in [0.4, 0.5) is 0 Å². The second-order valence-electron chi connectivity index (χ2n) is 7.33. The lowest BCUT2D eigenvalue weighted by Crippen LogP contribution is -2.10. The maximum atomic E-state index is 12.4. The van der Waals surface area contributed by atoms with Gasteiger partial charge < -0.3 is 19.6 Å². The van der Waals surface area contributed by atoms with Gasteiger partial charge in [-0.05, 0) is 55.9 Å². The number of fused-ring (bicyclic) bond motifs is 3. The number of carbonyl (C=O) groups excluding carboxylic acids is 1. The van der Waals surface area contributed by atoms with Crippen molar-refractivity contribution in [1.29, 1.82) is 0 Å². The summed E-state index contributed by atoms with van der Waals surface area (Å²) in [6.45, 7) is 2.89. The molecule has 0 amide bonds. The molecule has 0 saturated heterocycles. The Labute approximate surface area is 168 Å². The molecule has 6 nitrogen and oxygen atoms in total. The average Bonchev–Trinajstić information content (AvgIpc) is 3.14. The van der Waals surface area contributed by atoms with Gasteiger partial charge in [0.2, 0.25) is 0 Å². The van der Waals surface area contributed by atoms with Crippen LogP contribution < -0.4 is 5.56 Å². The van der Waals surface area contributed by atoms with Gasteiger partial charge in [-0.1, -0.05) is 24.3 Å². The normalized spacial score (nSPS) is 11.4. The van der Waals surface area contributed by atoms with Crippen LogP contribution in [-0.2, 0) is 11.3 Å². The number of rotatable bonds is 5. The lowest BCUT2D eigenvalue weighted by Gasteiger charge is -2.11. The molecule has 29 heavy (non-hydrogen) atoms. The molecule has 2 N–H and O–H groups in total. The molecule has 0 aliphatic heterocycles. The summed E-state index contributed by atoms with van der Waals surface area (Å²) in [7, 11) is 4.08. The molecule has 0 radical (unpaired) electrons. The first kappa shape index (κ1) is 19.0. The van der Waals surface area contributed by atoms with E-state index in [0.717, 1.165) is 23.1 Å². The smallest absolute Gasteiger partial charge is 0.340 e.